The molecule has 1 fully saturated rings. The number of rotatable bonds is 6. The number of amides is 2. The molecule has 2 heterocycles. The van der Waals surface area contributed by atoms with E-state index in [1.165, 1.54) is 11.2 Å². The lowest BCUT2D eigenvalue weighted by Crippen LogP contribution is -2.31. The predicted octanol–water partition coefficient (Wildman–Crippen LogP) is 2.29. The molecular weight excluding hydrogens is 318 g/mol. The Labute approximate surface area is 147 Å². The van der Waals surface area contributed by atoms with Gasteiger partial charge in [0.2, 0.25) is 0 Å². The predicted molar refractivity (Wildman–Crippen MR) is 95.8 cm³/mol. The molecule has 1 atom stereocenters. The Balaban J connectivity index is 1.67. The lowest BCUT2D eigenvalue weighted by Gasteiger charge is -2.19. The SMILES string of the molecule is CN(C(=O)c1ccco1)c1ccccc1C(=O)NCCC1CCNC1. The Kier molecular flexibility index (Phi) is 5.50. The van der Waals surface area contributed by atoms with Crippen LogP contribution in [-0.4, -0.2) is 38.5 Å². The first-order valence-corrected chi connectivity index (χ1v) is 8.56. The number of carbonyl (C=O) groups excluding carboxylic acids is 2. The number of anilines is 1. The summed E-state index contributed by atoms with van der Waals surface area (Å²) >= 11 is 0. The van der Waals surface area contributed by atoms with E-state index in [1.54, 1.807) is 37.4 Å². The van der Waals surface area contributed by atoms with E-state index in [9.17, 15) is 9.59 Å². The van der Waals surface area contributed by atoms with Gasteiger partial charge >= 0.3 is 0 Å². The van der Waals surface area contributed by atoms with Crippen molar-refractivity contribution in [3.63, 3.8) is 0 Å². The second kappa shape index (κ2) is 7.98. The molecule has 6 heteroatoms. The van der Waals surface area contributed by atoms with Crippen LogP contribution >= 0.6 is 0 Å². The molecular formula is C19H23N3O3. The molecule has 0 spiro atoms. The van der Waals surface area contributed by atoms with Crippen LogP contribution in [0.3, 0.4) is 0 Å². The fourth-order valence-corrected chi connectivity index (χ4v) is 3.08. The fourth-order valence-electron chi connectivity index (χ4n) is 3.08. The zero-order valence-corrected chi connectivity index (χ0v) is 14.3. The molecule has 1 saturated heterocycles. The summed E-state index contributed by atoms with van der Waals surface area (Å²) in [4.78, 5) is 26.5. The molecule has 0 bridgehead atoms. The molecule has 1 aliphatic rings. The monoisotopic (exact) mass is 341 g/mol. The number of nitrogens with one attached hydrogen (secondary N) is 2. The van der Waals surface area contributed by atoms with Gasteiger partial charge in [0, 0.05) is 13.6 Å². The van der Waals surface area contributed by atoms with Crippen molar-refractivity contribution in [1.82, 2.24) is 10.6 Å². The molecule has 1 aromatic carbocycles. The summed E-state index contributed by atoms with van der Waals surface area (Å²) in [5.74, 6) is 0.410. The maximum atomic E-state index is 12.6. The first-order valence-electron chi connectivity index (χ1n) is 8.56. The zero-order valence-electron chi connectivity index (χ0n) is 14.3. The Morgan fingerprint density at radius 2 is 2.12 bits per heavy atom. The highest BCUT2D eigenvalue weighted by molar-refractivity contribution is 6.09. The van der Waals surface area contributed by atoms with E-state index in [-0.39, 0.29) is 17.6 Å². The summed E-state index contributed by atoms with van der Waals surface area (Å²) in [6.45, 7) is 2.71. The van der Waals surface area contributed by atoms with Crippen LogP contribution in [-0.2, 0) is 0 Å². The van der Waals surface area contributed by atoms with Crippen molar-refractivity contribution in [1.29, 1.82) is 0 Å². The van der Waals surface area contributed by atoms with Gasteiger partial charge in [0.25, 0.3) is 11.8 Å². The fraction of sp³-hybridized carbons (Fsp3) is 0.368. The van der Waals surface area contributed by atoms with Crippen LogP contribution in [0.1, 0.15) is 33.8 Å². The largest absolute Gasteiger partial charge is 0.459 e. The summed E-state index contributed by atoms with van der Waals surface area (Å²) in [7, 11) is 1.64. The van der Waals surface area contributed by atoms with Crippen molar-refractivity contribution in [2.24, 2.45) is 5.92 Å². The zero-order chi connectivity index (χ0) is 17.6. The molecule has 25 heavy (non-hydrogen) atoms. The summed E-state index contributed by atoms with van der Waals surface area (Å²) in [6.07, 6.45) is 3.58. The number of carbonyl (C=O) groups is 2. The Hall–Kier alpha value is -2.60. The molecule has 2 amide bonds. The van der Waals surface area contributed by atoms with E-state index in [4.69, 9.17) is 4.42 Å². The average Bonchev–Trinajstić information content (AvgIpc) is 3.34. The molecule has 0 aliphatic carbocycles. The second-order valence-corrected chi connectivity index (χ2v) is 6.26. The number of hydrogen-bond acceptors (Lipinski definition) is 4. The van der Waals surface area contributed by atoms with Gasteiger partial charge < -0.3 is 20.0 Å². The first-order chi connectivity index (χ1) is 12.2. The molecule has 1 aliphatic heterocycles. The van der Waals surface area contributed by atoms with Crippen molar-refractivity contribution in [3.05, 3.63) is 54.0 Å². The van der Waals surface area contributed by atoms with Crippen LogP contribution in [0.15, 0.2) is 47.1 Å². The van der Waals surface area contributed by atoms with Gasteiger partial charge in [-0.25, -0.2) is 0 Å². The molecule has 1 aromatic heterocycles. The van der Waals surface area contributed by atoms with Gasteiger partial charge in [-0.15, -0.1) is 0 Å². The lowest BCUT2D eigenvalue weighted by molar-refractivity contribution is 0.0951. The molecule has 3 rings (SSSR count). The topological polar surface area (TPSA) is 74.6 Å². The van der Waals surface area contributed by atoms with Gasteiger partial charge in [0.1, 0.15) is 0 Å². The van der Waals surface area contributed by atoms with Crippen molar-refractivity contribution < 1.29 is 14.0 Å². The van der Waals surface area contributed by atoms with Gasteiger partial charge in [-0.1, -0.05) is 12.1 Å². The molecule has 2 N–H and O–H groups in total. The third-order valence-corrected chi connectivity index (χ3v) is 4.55. The van der Waals surface area contributed by atoms with E-state index in [1.807, 2.05) is 6.07 Å². The van der Waals surface area contributed by atoms with E-state index in [0.717, 1.165) is 25.9 Å². The molecule has 0 radical (unpaired) electrons. The highest BCUT2D eigenvalue weighted by Crippen LogP contribution is 2.21. The molecule has 2 aromatic rings. The van der Waals surface area contributed by atoms with E-state index in [2.05, 4.69) is 10.6 Å². The summed E-state index contributed by atoms with van der Waals surface area (Å²) in [5.41, 5.74) is 1.04. The maximum Gasteiger partial charge on any atom is 0.293 e. The minimum absolute atomic E-state index is 0.166. The molecule has 0 saturated carbocycles. The van der Waals surface area contributed by atoms with Crippen LogP contribution in [0.4, 0.5) is 5.69 Å². The van der Waals surface area contributed by atoms with Crippen LogP contribution in [0.2, 0.25) is 0 Å². The summed E-state index contributed by atoms with van der Waals surface area (Å²) < 4.78 is 5.16. The van der Waals surface area contributed by atoms with Crippen molar-refractivity contribution >= 4 is 17.5 Å². The van der Waals surface area contributed by atoms with Crippen LogP contribution in [0.25, 0.3) is 0 Å². The highest BCUT2D eigenvalue weighted by Gasteiger charge is 2.21. The minimum atomic E-state index is -0.290. The Morgan fingerprint density at radius 3 is 2.84 bits per heavy atom. The van der Waals surface area contributed by atoms with E-state index >= 15 is 0 Å². The van der Waals surface area contributed by atoms with Crippen LogP contribution < -0.4 is 15.5 Å². The number of hydrogen-bond donors (Lipinski definition) is 2. The minimum Gasteiger partial charge on any atom is -0.459 e. The van der Waals surface area contributed by atoms with Gasteiger partial charge in [0.05, 0.1) is 17.5 Å². The van der Waals surface area contributed by atoms with Gasteiger partial charge in [-0.3, -0.25) is 9.59 Å². The quantitative estimate of drug-likeness (QED) is 0.845. The van der Waals surface area contributed by atoms with Gasteiger partial charge in [-0.2, -0.15) is 0 Å². The number of furan rings is 1. The van der Waals surface area contributed by atoms with Crippen molar-refractivity contribution in [2.45, 2.75) is 12.8 Å². The third-order valence-electron chi connectivity index (χ3n) is 4.55. The lowest BCUT2D eigenvalue weighted by atomic mass is 10.1. The van der Waals surface area contributed by atoms with E-state index < -0.39 is 0 Å². The van der Waals surface area contributed by atoms with Gasteiger partial charge in [-0.05, 0) is 56.1 Å². The number of benzene rings is 1. The smallest absolute Gasteiger partial charge is 0.293 e. The van der Waals surface area contributed by atoms with Crippen molar-refractivity contribution in [2.75, 3.05) is 31.6 Å². The Morgan fingerprint density at radius 1 is 1.28 bits per heavy atom. The third kappa shape index (κ3) is 4.09. The molecule has 132 valence electrons. The van der Waals surface area contributed by atoms with Crippen LogP contribution in [0.5, 0.6) is 0 Å². The number of nitrogens with zero attached hydrogens (tertiary/aromatic N) is 1. The summed E-state index contributed by atoms with van der Waals surface area (Å²) in [6, 6.07) is 10.4. The highest BCUT2D eigenvalue weighted by atomic mass is 16.3. The van der Waals surface area contributed by atoms with Crippen molar-refractivity contribution in [3.8, 4) is 0 Å². The summed E-state index contributed by atoms with van der Waals surface area (Å²) in [5, 5.41) is 6.29. The van der Waals surface area contributed by atoms with E-state index in [0.29, 0.717) is 23.7 Å². The normalized spacial score (nSPS) is 16.6. The average molecular weight is 341 g/mol. The van der Waals surface area contributed by atoms with Crippen LogP contribution in [0, 0.1) is 5.92 Å². The first kappa shape index (κ1) is 17.2. The van der Waals surface area contributed by atoms with Gasteiger partial charge in [0.15, 0.2) is 5.76 Å². The molecule has 1 unspecified atom stereocenters. The Bertz CT molecular complexity index is 721. The standard InChI is InChI=1S/C19H23N3O3/c1-22(19(24)17-7-4-12-25-17)16-6-3-2-5-15(16)18(23)21-11-9-14-8-10-20-13-14/h2-7,12,14,20H,8-11,13H2,1H3,(H,21,23). The second-order valence-electron chi connectivity index (χ2n) is 6.26. The number of para-hydroxylation sites is 1. The maximum absolute atomic E-state index is 12.6. The molecule has 6 nitrogen and oxygen atoms in total.